The average molecular weight is 296 g/mol. The van der Waals surface area contributed by atoms with Gasteiger partial charge in [-0.25, -0.2) is 0 Å². The summed E-state index contributed by atoms with van der Waals surface area (Å²) in [7, 11) is 1.86. The fraction of sp³-hybridized carbons (Fsp3) is 0.533. The van der Waals surface area contributed by atoms with E-state index in [9.17, 15) is 4.79 Å². The fourth-order valence-corrected chi connectivity index (χ4v) is 2.70. The molecule has 2 rings (SSSR count). The molecule has 0 radical (unpaired) electrons. The Labute approximate surface area is 125 Å². The summed E-state index contributed by atoms with van der Waals surface area (Å²) in [5.74, 6) is 0.164. The SMILES string of the molecule is CCNCc1c(Cl)cccc1N1CCCN(C)C(=O)C1. The molecule has 4 nitrogen and oxygen atoms in total. The van der Waals surface area contributed by atoms with Crippen LogP contribution in [0.5, 0.6) is 0 Å². The third-order valence-electron chi connectivity index (χ3n) is 3.66. The van der Waals surface area contributed by atoms with Crippen molar-refractivity contribution in [2.45, 2.75) is 19.9 Å². The molecule has 1 aromatic rings. The topological polar surface area (TPSA) is 35.6 Å². The molecule has 1 aromatic carbocycles. The van der Waals surface area contributed by atoms with Crippen molar-refractivity contribution >= 4 is 23.2 Å². The van der Waals surface area contributed by atoms with Crippen molar-refractivity contribution in [3.05, 3.63) is 28.8 Å². The zero-order valence-electron chi connectivity index (χ0n) is 12.2. The maximum atomic E-state index is 12.0. The molecule has 110 valence electrons. The lowest BCUT2D eigenvalue weighted by molar-refractivity contribution is -0.127. The molecule has 0 aliphatic carbocycles. The molecule has 20 heavy (non-hydrogen) atoms. The van der Waals surface area contributed by atoms with Crippen LogP contribution < -0.4 is 10.2 Å². The number of nitrogens with one attached hydrogen (secondary N) is 1. The number of likely N-dealkylation sites (N-methyl/N-ethyl adjacent to an activating group) is 1. The average Bonchev–Trinajstić information content (AvgIpc) is 2.60. The summed E-state index contributed by atoms with van der Waals surface area (Å²) < 4.78 is 0. The zero-order chi connectivity index (χ0) is 14.5. The highest BCUT2D eigenvalue weighted by Crippen LogP contribution is 2.28. The van der Waals surface area contributed by atoms with Crippen molar-refractivity contribution in [2.75, 3.05) is 38.1 Å². The Morgan fingerprint density at radius 3 is 2.90 bits per heavy atom. The summed E-state index contributed by atoms with van der Waals surface area (Å²) in [6.07, 6.45) is 0.982. The lowest BCUT2D eigenvalue weighted by atomic mass is 10.1. The maximum Gasteiger partial charge on any atom is 0.241 e. The molecule has 1 aliphatic rings. The van der Waals surface area contributed by atoms with E-state index in [4.69, 9.17) is 11.6 Å². The van der Waals surface area contributed by atoms with Crippen LogP contribution in [0.4, 0.5) is 5.69 Å². The number of amides is 1. The van der Waals surface area contributed by atoms with Gasteiger partial charge in [0.2, 0.25) is 5.91 Å². The third kappa shape index (κ3) is 3.44. The summed E-state index contributed by atoms with van der Waals surface area (Å²) in [5, 5.41) is 4.07. The summed E-state index contributed by atoms with van der Waals surface area (Å²) in [6, 6.07) is 5.91. The van der Waals surface area contributed by atoms with Crippen LogP contribution in [0.15, 0.2) is 18.2 Å². The first-order valence-corrected chi connectivity index (χ1v) is 7.48. The van der Waals surface area contributed by atoms with Gasteiger partial charge >= 0.3 is 0 Å². The second-order valence-electron chi connectivity index (χ2n) is 5.11. The van der Waals surface area contributed by atoms with E-state index in [0.717, 1.165) is 48.9 Å². The van der Waals surface area contributed by atoms with Gasteiger partial charge in [-0.15, -0.1) is 0 Å². The van der Waals surface area contributed by atoms with Gasteiger partial charge in [0.15, 0.2) is 0 Å². The highest BCUT2D eigenvalue weighted by Gasteiger charge is 2.21. The summed E-state index contributed by atoms with van der Waals surface area (Å²) >= 11 is 6.33. The summed E-state index contributed by atoms with van der Waals surface area (Å²) in [4.78, 5) is 16.0. The first-order valence-electron chi connectivity index (χ1n) is 7.10. The van der Waals surface area contributed by atoms with Gasteiger partial charge in [-0.2, -0.15) is 0 Å². The molecule has 1 N–H and O–H groups in total. The van der Waals surface area contributed by atoms with Crippen molar-refractivity contribution in [1.82, 2.24) is 10.2 Å². The van der Waals surface area contributed by atoms with Crippen LogP contribution in [-0.2, 0) is 11.3 Å². The zero-order valence-corrected chi connectivity index (χ0v) is 12.9. The van der Waals surface area contributed by atoms with Crippen LogP contribution in [-0.4, -0.2) is 44.0 Å². The Kier molecular flexibility index (Phi) is 5.26. The van der Waals surface area contributed by atoms with Crippen LogP contribution in [0, 0.1) is 0 Å². The first kappa shape index (κ1) is 15.1. The number of rotatable bonds is 4. The van der Waals surface area contributed by atoms with E-state index >= 15 is 0 Å². The number of carbonyl (C=O) groups excluding carboxylic acids is 1. The van der Waals surface area contributed by atoms with Crippen LogP contribution in [0.3, 0.4) is 0 Å². The van der Waals surface area contributed by atoms with Crippen molar-refractivity contribution in [3.8, 4) is 0 Å². The highest BCUT2D eigenvalue weighted by molar-refractivity contribution is 6.31. The quantitative estimate of drug-likeness (QED) is 0.924. The number of benzene rings is 1. The third-order valence-corrected chi connectivity index (χ3v) is 4.01. The van der Waals surface area contributed by atoms with Gasteiger partial charge in [-0.3, -0.25) is 4.79 Å². The van der Waals surface area contributed by atoms with E-state index in [1.807, 2.05) is 19.2 Å². The second kappa shape index (κ2) is 6.95. The smallest absolute Gasteiger partial charge is 0.241 e. The number of hydrogen-bond donors (Lipinski definition) is 1. The van der Waals surface area contributed by atoms with E-state index < -0.39 is 0 Å². The largest absolute Gasteiger partial charge is 0.362 e. The van der Waals surface area contributed by atoms with Gasteiger partial charge in [-0.1, -0.05) is 24.6 Å². The fourth-order valence-electron chi connectivity index (χ4n) is 2.46. The molecule has 1 amide bonds. The Bertz CT molecular complexity index is 478. The molecule has 1 heterocycles. The molecule has 1 fully saturated rings. The van der Waals surface area contributed by atoms with Crippen molar-refractivity contribution in [2.24, 2.45) is 0 Å². The molecule has 0 saturated carbocycles. The Balaban J connectivity index is 2.26. The van der Waals surface area contributed by atoms with Crippen molar-refractivity contribution in [1.29, 1.82) is 0 Å². The Morgan fingerprint density at radius 1 is 1.35 bits per heavy atom. The molecule has 0 unspecified atom stereocenters. The molecule has 0 spiro atoms. The molecule has 1 aliphatic heterocycles. The summed E-state index contributed by atoms with van der Waals surface area (Å²) in [5.41, 5.74) is 2.15. The molecule has 0 aromatic heterocycles. The number of halogens is 1. The minimum atomic E-state index is 0.164. The van der Waals surface area contributed by atoms with E-state index in [1.165, 1.54) is 0 Å². The van der Waals surface area contributed by atoms with Crippen molar-refractivity contribution in [3.63, 3.8) is 0 Å². The van der Waals surface area contributed by atoms with E-state index in [-0.39, 0.29) is 5.91 Å². The van der Waals surface area contributed by atoms with Gasteiger partial charge in [0.1, 0.15) is 0 Å². The molecule has 0 atom stereocenters. The van der Waals surface area contributed by atoms with Crippen LogP contribution >= 0.6 is 11.6 Å². The lowest BCUT2D eigenvalue weighted by Gasteiger charge is -2.25. The lowest BCUT2D eigenvalue weighted by Crippen LogP contribution is -2.35. The van der Waals surface area contributed by atoms with E-state index in [0.29, 0.717) is 6.54 Å². The van der Waals surface area contributed by atoms with Gasteiger partial charge < -0.3 is 15.1 Å². The van der Waals surface area contributed by atoms with E-state index in [1.54, 1.807) is 4.90 Å². The predicted molar refractivity (Wildman–Crippen MR) is 83.3 cm³/mol. The van der Waals surface area contributed by atoms with Gasteiger partial charge in [0.25, 0.3) is 0 Å². The van der Waals surface area contributed by atoms with Gasteiger partial charge in [0.05, 0.1) is 6.54 Å². The minimum absolute atomic E-state index is 0.164. The molecule has 1 saturated heterocycles. The Hall–Kier alpha value is -1.26. The molecule has 0 bridgehead atoms. The predicted octanol–water partition coefficient (Wildman–Crippen LogP) is 2.12. The van der Waals surface area contributed by atoms with Crippen LogP contribution in [0.1, 0.15) is 18.9 Å². The van der Waals surface area contributed by atoms with Crippen molar-refractivity contribution < 1.29 is 4.79 Å². The molecule has 5 heteroatoms. The maximum absolute atomic E-state index is 12.0. The van der Waals surface area contributed by atoms with E-state index in [2.05, 4.69) is 23.2 Å². The van der Waals surface area contributed by atoms with Gasteiger partial charge in [0, 0.05) is 43.0 Å². The minimum Gasteiger partial charge on any atom is -0.362 e. The van der Waals surface area contributed by atoms with Crippen LogP contribution in [0.25, 0.3) is 0 Å². The first-order chi connectivity index (χ1) is 9.63. The van der Waals surface area contributed by atoms with Gasteiger partial charge in [-0.05, 0) is 25.1 Å². The standard InChI is InChI=1S/C15H22ClN3O/c1-3-17-10-12-13(16)6-4-7-14(12)19-9-5-8-18(2)15(20)11-19/h4,6-7,17H,3,5,8-11H2,1-2H3. The number of nitrogens with zero attached hydrogens (tertiary/aromatic N) is 2. The normalized spacial score (nSPS) is 16.4. The molecular weight excluding hydrogens is 274 g/mol. The molecular formula is C15H22ClN3O. The second-order valence-corrected chi connectivity index (χ2v) is 5.52. The Morgan fingerprint density at radius 2 is 2.15 bits per heavy atom. The summed E-state index contributed by atoms with van der Waals surface area (Å²) in [6.45, 7) is 5.82. The number of anilines is 1. The highest BCUT2D eigenvalue weighted by atomic mass is 35.5. The number of carbonyl (C=O) groups is 1. The van der Waals surface area contributed by atoms with Crippen LogP contribution in [0.2, 0.25) is 5.02 Å². The number of hydrogen-bond acceptors (Lipinski definition) is 3. The monoisotopic (exact) mass is 295 g/mol.